The van der Waals surface area contributed by atoms with Gasteiger partial charge < -0.3 is 20.5 Å². The Bertz CT molecular complexity index is 529. The number of urea groups is 1. The van der Waals surface area contributed by atoms with Gasteiger partial charge >= 0.3 is 6.03 Å². The Morgan fingerprint density at radius 2 is 2.13 bits per heavy atom. The fourth-order valence-corrected chi connectivity index (χ4v) is 2.17. The van der Waals surface area contributed by atoms with Crippen molar-refractivity contribution in [3.63, 3.8) is 0 Å². The standard InChI is InChI=1S/C18H28N2O3/c1-12-4-7-16(17(8-12)23-11-15-5-6-15)9-19-18(22)20-14(3)13(2)10-21/h4,7-8,13-15,21H,5-6,9-11H2,1-3H3,(H2,19,20,22). The molecule has 0 aliphatic heterocycles. The molecule has 1 fully saturated rings. The van der Waals surface area contributed by atoms with Crippen LogP contribution >= 0.6 is 0 Å². The van der Waals surface area contributed by atoms with E-state index in [0.717, 1.165) is 23.5 Å². The summed E-state index contributed by atoms with van der Waals surface area (Å²) in [7, 11) is 0. The molecule has 23 heavy (non-hydrogen) atoms. The molecule has 128 valence electrons. The second-order valence-electron chi connectivity index (χ2n) is 6.64. The molecular weight excluding hydrogens is 292 g/mol. The molecule has 1 aliphatic carbocycles. The first-order chi connectivity index (χ1) is 11.0. The molecule has 5 nitrogen and oxygen atoms in total. The van der Waals surface area contributed by atoms with Crippen LogP contribution in [0.4, 0.5) is 4.79 Å². The molecule has 2 amide bonds. The molecule has 0 aromatic heterocycles. The molecule has 0 saturated heterocycles. The normalized spacial score (nSPS) is 16.5. The maximum Gasteiger partial charge on any atom is 0.315 e. The number of aliphatic hydroxyl groups is 1. The number of hydrogen-bond acceptors (Lipinski definition) is 3. The van der Waals surface area contributed by atoms with E-state index in [4.69, 9.17) is 9.84 Å². The van der Waals surface area contributed by atoms with E-state index in [1.165, 1.54) is 12.8 Å². The summed E-state index contributed by atoms with van der Waals surface area (Å²) in [6.07, 6.45) is 2.51. The molecule has 1 saturated carbocycles. The minimum absolute atomic E-state index is 0.0255. The Balaban J connectivity index is 1.87. The van der Waals surface area contributed by atoms with E-state index in [9.17, 15) is 4.79 Å². The second kappa shape index (κ2) is 8.20. The highest BCUT2D eigenvalue weighted by Gasteiger charge is 2.22. The van der Waals surface area contributed by atoms with Gasteiger partial charge in [-0.1, -0.05) is 19.1 Å². The molecule has 2 rings (SSSR count). The molecule has 2 atom stereocenters. The van der Waals surface area contributed by atoms with Gasteiger partial charge in [0.2, 0.25) is 0 Å². The van der Waals surface area contributed by atoms with Crippen LogP contribution in [-0.2, 0) is 6.54 Å². The molecule has 5 heteroatoms. The van der Waals surface area contributed by atoms with E-state index in [2.05, 4.69) is 10.6 Å². The predicted octanol–water partition coefficient (Wildman–Crippen LogP) is 2.60. The molecule has 3 N–H and O–H groups in total. The van der Waals surface area contributed by atoms with Crippen LogP contribution in [0, 0.1) is 18.8 Å². The average Bonchev–Trinajstić information content (AvgIpc) is 3.35. The van der Waals surface area contributed by atoms with Crippen molar-refractivity contribution in [1.82, 2.24) is 10.6 Å². The summed E-state index contributed by atoms with van der Waals surface area (Å²) >= 11 is 0. The van der Waals surface area contributed by atoms with Crippen molar-refractivity contribution in [2.75, 3.05) is 13.2 Å². The van der Waals surface area contributed by atoms with Gasteiger partial charge in [-0.2, -0.15) is 0 Å². The van der Waals surface area contributed by atoms with Gasteiger partial charge in [0.05, 0.1) is 6.61 Å². The topological polar surface area (TPSA) is 70.6 Å². The van der Waals surface area contributed by atoms with Gasteiger partial charge in [-0.25, -0.2) is 4.79 Å². The summed E-state index contributed by atoms with van der Waals surface area (Å²) in [6.45, 7) is 7.05. The number of aliphatic hydroxyl groups excluding tert-OH is 1. The molecule has 2 unspecified atom stereocenters. The highest BCUT2D eigenvalue weighted by Crippen LogP contribution is 2.30. The zero-order valence-corrected chi connectivity index (χ0v) is 14.3. The third-order valence-electron chi connectivity index (χ3n) is 4.33. The lowest BCUT2D eigenvalue weighted by Gasteiger charge is -2.20. The molecule has 1 aromatic carbocycles. The Morgan fingerprint density at radius 1 is 1.39 bits per heavy atom. The minimum atomic E-state index is -0.230. The number of nitrogens with one attached hydrogen (secondary N) is 2. The van der Waals surface area contributed by atoms with E-state index in [1.807, 2.05) is 39.0 Å². The second-order valence-corrected chi connectivity index (χ2v) is 6.64. The Hall–Kier alpha value is -1.75. The fourth-order valence-electron chi connectivity index (χ4n) is 2.17. The number of rotatable bonds is 8. The predicted molar refractivity (Wildman–Crippen MR) is 90.5 cm³/mol. The van der Waals surface area contributed by atoms with E-state index in [0.29, 0.717) is 12.5 Å². The van der Waals surface area contributed by atoms with Crippen molar-refractivity contribution in [1.29, 1.82) is 0 Å². The van der Waals surface area contributed by atoms with Gasteiger partial charge in [0.1, 0.15) is 5.75 Å². The molecule has 0 radical (unpaired) electrons. The van der Waals surface area contributed by atoms with Crippen molar-refractivity contribution < 1.29 is 14.6 Å². The lowest BCUT2D eigenvalue weighted by Crippen LogP contribution is -2.44. The molecule has 0 heterocycles. The maximum absolute atomic E-state index is 12.0. The van der Waals surface area contributed by atoms with Gasteiger partial charge in [0.15, 0.2) is 0 Å². The van der Waals surface area contributed by atoms with Crippen molar-refractivity contribution in [3.05, 3.63) is 29.3 Å². The first-order valence-corrected chi connectivity index (χ1v) is 8.37. The van der Waals surface area contributed by atoms with Gasteiger partial charge in [0, 0.05) is 24.8 Å². The summed E-state index contributed by atoms with van der Waals surface area (Å²) < 4.78 is 5.91. The van der Waals surface area contributed by atoms with Crippen LogP contribution in [-0.4, -0.2) is 30.4 Å². The van der Waals surface area contributed by atoms with Gasteiger partial charge in [-0.15, -0.1) is 0 Å². The van der Waals surface area contributed by atoms with Crippen molar-refractivity contribution in [3.8, 4) is 5.75 Å². The summed E-state index contributed by atoms with van der Waals surface area (Å²) in [4.78, 5) is 12.0. The zero-order chi connectivity index (χ0) is 16.8. The number of carbonyl (C=O) groups is 1. The number of aryl methyl sites for hydroxylation is 1. The molecule has 0 spiro atoms. The third kappa shape index (κ3) is 5.75. The Morgan fingerprint density at radius 3 is 2.78 bits per heavy atom. The van der Waals surface area contributed by atoms with Crippen LogP contribution in [0.15, 0.2) is 18.2 Å². The van der Waals surface area contributed by atoms with Crippen LogP contribution < -0.4 is 15.4 Å². The van der Waals surface area contributed by atoms with E-state index < -0.39 is 0 Å². The van der Waals surface area contributed by atoms with Gasteiger partial charge in [-0.05, 0) is 50.2 Å². The highest BCUT2D eigenvalue weighted by atomic mass is 16.5. The quantitative estimate of drug-likeness (QED) is 0.689. The Labute approximate surface area is 138 Å². The Kier molecular flexibility index (Phi) is 6.28. The van der Waals surface area contributed by atoms with E-state index in [1.54, 1.807) is 0 Å². The number of hydrogen-bond donors (Lipinski definition) is 3. The first-order valence-electron chi connectivity index (χ1n) is 8.37. The van der Waals surface area contributed by atoms with Crippen LogP contribution in [0.25, 0.3) is 0 Å². The fraction of sp³-hybridized carbons (Fsp3) is 0.611. The van der Waals surface area contributed by atoms with E-state index >= 15 is 0 Å². The minimum Gasteiger partial charge on any atom is -0.493 e. The first kappa shape index (κ1) is 17.6. The van der Waals surface area contributed by atoms with Gasteiger partial charge in [-0.3, -0.25) is 0 Å². The van der Waals surface area contributed by atoms with Crippen LogP contribution in [0.3, 0.4) is 0 Å². The molecule has 1 aromatic rings. The van der Waals surface area contributed by atoms with Crippen LogP contribution in [0.2, 0.25) is 0 Å². The lowest BCUT2D eigenvalue weighted by molar-refractivity contribution is 0.200. The number of carbonyl (C=O) groups excluding carboxylic acids is 1. The zero-order valence-electron chi connectivity index (χ0n) is 14.3. The summed E-state index contributed by atoms with van der Waals surface area (Å²) in [6, 6.07) is 5.73. The number of ether oxygens (including phenoxy) is 1. The van der Waals surface area contributed by atoms with Crippen LogP contribution in [0.5, 0.6) is 5.75 Å². The van der Waals surface area contributed by atoms with Crippen molar-refractivity contribution in [2.24, 2.45) is 11.8 Å². The third-order valence-corrected chi connectivity index (χ3v) is 4.33. The lowest BCUT2D eigenvalue weighted by atomic mass is 10.1. The highest BCUT2D eigenvalue weighted by molar-refractivity contribution is 5.74. The summed E-state index contributed by atoms with van der Waals surface area (Å²) in [5.41, 5.74) is 2.13. The number of amides is 2. The van der Waals surface area contributed by atoms with Crippen LogP contribution in [0.1, 0.15) is 37.8 Å². The molecular formula is C18H28N2O3. The van der Waals surface area contributed by atoms with Crippen molar-refractivity contribution in [2.45, 2.75) is 46.2 Å². The molecule has 1 aliphatic rings. The maximum atomic E-state index is 12.0. The molecule has 0 bridgehead atoms. The summed E-state index contributed by atoms with van der Waals surface area (Å²) in [5.74, 6) is 1.58. The SMILES string of the molecule is Cc1ccc(CNC(=O)NC(C)C(C)CO)c(OCC2CC2)c1. The smallest absolute Gasteiger partial charge is 0.315 e. The van der Waals surface area contributed by atoms with E-state index in [-0.39, 0.29) is 24.6 Å². The number of benzene rings is 1. The largest absolute Gasteiger partial charge is 0.493 e. The van der Waals surface area contributed by atoms with Crippen molar-refractivity contribution >= 4 is 6.03 Å². The van der Waals surface area contributed by atoms with Gasteiger partial charge in [0.25, 0.3) is 0 Å². The monoisotopic (exact) mass is 320 g/mol. The summed E-state index contributed by atoms with van der Waals surface area (Å²) in [5, 5.41) is 14.8. The average molecular weight is 320 g/mol.